The Morgan fingerprint density at radius 1 is 0.968 bits per heavy atom. The van der Waals surface area contributed by atoms with Gasteiger partial charge in [-0.3, -0.25) is 4.79 Å². The molecule has 3 nitrogen and oxygen atoms in total. The van der Waals surface area contributed by atoms with Crippen LogP contribution in [0.4, 0.5) is 26.3 Å². The molecule has 1 aliphatic carbocycles. The average molecular weight is 465 g/mol. The maximum absolute atomic E-state index is 12.6. The molecule has 0 amide bonds. The van der Waals surface area contributed by atoms with Gasteiger partial charge in [0, 0.05) is 0 Å². The normalized spacial score (nSPS) is 23.3. The molecule has 1 N–H and O–H groups in total. The van der Waals surface area contributed by atoms with Crippen molar-refractivity contribution in [3.05, 3.63) is 0 Å². The number of aliphatic hydroxyl groups is 1. The van der Waals surface area contributed by atoms with Gasteiger partial charge < -0.3 is 9.84 Å². The van der Waals surface area contributed by atoms with Crippen molar-refractivity contribution in [3.63, 3.8) is 0 Å². The molecule has 0 aromatic heterocycles. The van der Waals surface area contributed by atoms with E-state index < -0.39 is 30.3 Å². The van der Waals surface area contributed by atoms with Crippen molar-refractivity contribution in [1.29, 1.82) is 0 Å². The van der Waals surface area contributed by atoms with Crippen LogP contribution in [0.2, 0.25) is 0 Å². The van der Waals surface area contributed by atoms with Crippen molar-refractivity contribution in [2.45, 2.75) is 98.5 Å². The molecule has 31 heavy (non-hydrogen) atoms. The van der Waals surface area contributed by atoms with Gasteiger partial charge in [0.2, 0.25) is 0 Å². The Kier molecular flexibility index (Phi) is 9.97. The summed E-state index contributed by atoms with van der Waals surface area (Å²) in [5.74, 6) is -0.970. The second-order valence-corrected chi connectivity index (χ2v) is 10.7. The third-order valence-electron chi connectivity index (χ3n) is 5.93. The van der Waals surface area contributed by atoms with Gasteiger partial charge in [-0.2, -0.15) is 26.3 Å². The summed E-state index contributed by atoms with van der Waals surface area (Å²) >= 11 is 0. The van der Waals surface area contributed by atoms with Crippen LogP contribution in [0, 0.1) is 28.6 Å². The fraction of sp³-hybridized carbons (Fsp3) is 0.955. The molecule has 0 bridgehead atoms. The molecule has 3 atom stereocenters. The molecule has 0 spiro atoms. The number of halogens is 6. The zero-order chi connectivity index (χ0) is 25.1. The predicted molar refractivity (Wildman–Crippen MR) is 107 cm³/mol. The first-order valence-corrected chi connectivity index (χ1v) is 10.6. The molecule has 0 heterocycles. The van der Waals surface area contributed by atoms with E-state index in [-0.39, 0.29) is 28.6 Å². The maximum atomic E-state index is 12.6. The van der Waals surface area contributed by atoms with Crippen molar-refractivity contribution in [2.24, 2.45) is 28.6 Å². The van der Waals surface area contributed by atoms with Gasteiger partial charge in [0.1, 0.15) is 0 Å². The van der Waals surface area contributed by atoms with Gasteiger partial charge in [0.15, 0.2) is 0 Å². The maximum Gasteiger partial charge on any atom is 0.426 e. The van der Waals surface area contributed by atoms with Crippen LogP contribution >= 0.6 is 0 Å². The number of ether oxygens (including phenoxy) is 1. The molecule has 0 aromatic carbocycles. The van der Waals surface area contributed by atoms with E-state index in [1.54, 1.807) is 6.92 Å². The first-order chi connectivity index (χ1) is 13.6. The van der Waals surface area contributed by atoms with Crippen LogP contribution in [0.1, 0.15) is 80.6 Å². The van der Waals surface area contributed by atoms with E-state index in [4.69, 9.17) is 4.74 Å². The van der Waals surface area contributed by atoms with E-state index in [0.717, 1.165) is 12.8 Å². The van der Waals surface area contributed by atoms with Crippen LogP contribution in [0.5, 0.6) is 0 Å². The predicted octanol–water partition coefficient (Wildman–Crippen LogP) is 6.93. The van der Waals surface area contributed by atoms with Crippen LogP contribution in [-0.4, -0.2) is 36.1 Å². The SMILES string of the molecule is CCC1CC(C)C(CC(O)(C(F)(F)F)C(F)(F)F)C1.COC(=O)C(C)(C)CC(C)(C)C. The van der Waals surface area contributed by atoms with Crippen LogP contribution in [0.25, 0.3) is 0 Å². The topological polar surface area (TPSA) is 46.5 Å². The highest BCUT2D eigenvalue weighted by atomic mass is 19.4. The number of rotatable bonds is 5. The molecular formula is C22H38F6O3. The molecule has 0 saturated heterocycles. The minimum absolute atomic E-state index is 0.127. The summed E-state index contributed by atoms with van der Waals surface area (Å²) in [6.45, 7) is 13.7. The Bertz CT molecular complexity index is 561. The molecule has 0 radical (unpaired) electrons. The van der Waals surface area contributed by atoms with Gasteiger partial charge in [-0.1, -0.05) is 41.0 Å². The minimum atomic E-state index is -5.70. The smallest absolute Gasteiger partial charge is 0.426 e. The highest BCUT2D eigenvalue weighted by molar-refractivity contribution is 5.75. The van der Waals surface area contributed by atoms with E-state index >= 15 is 0 Å². The van der Waals surface area contributed by atoms with Crippen LogP contribution in [-0.2, 0) is 9.53 Å². The van der Waals surface area contributed by atoms with Crippen molar-refractivity contribution >= 4 is 5.97 Å². The molecule has 0 aliphatic heterocycles. The van der Waals surface area contributed by atoms with Crippen molar-refractivity contribution in [3.8, 4) is 0 Å². The van der Waals surface area contributed by atoms with Gasteiger partial charge in [-0.05, 0) is 62.7 Å². The lowest BCUT2D eigenvalue weighted by Gasteiger charge is -2.35. The Hall–Kier alpha value is -0.990. The summed E-state index contributed by atoms with van der Waals surface area (Å²) in [5, 5.41) is 9.17. The van der Waals surface area contributed by atoms with Crippen LogP contribution in [0.15, 0.2) is 0 Å². The molecule has 1 aliphatic rings. The fourth-order valence-electron chi connectivity index (χ4n) is 4.54. The van der Waals surface area contributed by atoms with Crippen LogP contribution < -0.4 is 0 Å². The standard InChI is InChI=1S/C12H18F6O.C10H20O2/c1-3-8-4-7(2)9(5-8)6-10(19,11(13,14)15)12(16,17)18;1-9(2,3)7-10(4,5)8(11)12-6/h7-9,19H,3-6H2,1-2H3;7H2,1-6H3. The largest absolute Gasteiger partial charge is 0.469 e. The summed E-state index contributed by atoms with van der Waals surface area (Å²) in [6, 6.07) is 0. The highest BCUT2D eigenvalue weighted by Crippen LogP contribution is 2.51. The zero-order valence-electron chi connectivity index (χ0n) is 19.8. The first kappa shape index (κ1) is 30.0. The van der Waals surface area contributed by atoms with Crippen LogP contribution in [0.3, 0.4) is 0 Å². The Morgan fingerprint density at radius 2 is 1.42 bits per heavy atom. The monoisotopic (exact) mass is 464 g/mol. The third kappa shape index (κ3) is 8.46. The quantitative estimate of drug-likeness (QED) is 0.355. The van der Waals surface area contributed by atoms with Crippen molar-refractivity contribution in [1.82, 2.24) is 0 Å². The molecule has 1 rings (SSSR count). The lowest BCUT2D eigenvalue weighted by atomic mass is 9.76. The van der Waals surface area contributed by atoms with E-state index in [0.29, 0.717) is 12.8 Å². The van der Waals surface area contributed by atoms with E-state index in [1.165, 1.54) is 7.11 Å². The van der Waals surface area contributed by atoms with Crippen molar-refractivity contribution in [2.75, 3.05) is 7.11 Å². The molecule has 1 saturated carbocycles. The molecule has 3 unspecified atom stereocenters. The third-order valence-corrected chi connectivity index (χ3v) is 5.93. The number of methoxy groups -OCH3 is 1. The van der Waals surface area contributed by atoms with Gasteiger partial charge in [-0.15, -0.1) is 0 Å². The van der Waals surface area contributed by atoms with Gasteiger partial charge in [0.25, 0.3) is 5.60 Å². The second kappa shape index (κ2) is 10.3. The first-order valence-electron chi connectivity index (χ1n) is 10.6. The lowest BCUT2D eigenvalue weighted by molar-refractivity contribution is -0.373. The summed E-state index contributed by atoms with van der Waals surface area (Å²) in [7, 11) is 1.44. The number of hydrogen-bond donors (Lipinski definition) is 1. The van der Waals surface area contributed by atoms with Crippen molar-refractivity contribution < 1.29 is 41.0 Å². The summed E-state index contributed by atoms with van der Waals surface area (Å²) in [4.78, 5) is 11.3. The molecule has 186 valence electrons. The number of alkyl halides is 6. The Balaban J connectivity index is 0.000000649. The Labute approximate surface area is 181 Å². The van der Waals surface area contributed by atoms with Gasteiger partial charge >= 0.3 is 18.3 Å². The van der Waals surface area contributed by atoms with E-state index in [9.17, 15) is 36.2 Å². The summed E-state index contributed by atoms with van der Waals surface area (Å²) < 4.78 is 80.3. The number of esters is 1. The van der Waals surface area contributed by atoms with Gasteiger partial charge in [-0.25, -0.2) is 0 Å². The molecule has 9 heteroatoms. The molecular weight excluding hydrogens is 426 g/mol. The lowest BCUT2D eigenvalue weighted by Crippen LogP contribution is -2.57. The molecule has 0 aromatic rings. The summed E-state index contributed by atoms with van der Waals surface area (Å²) in [6.07, 6.45) is -10.2. The average Bonchev–Trinajstić information content (AvgIpc) is 2.90. The number of hydrogen-bond acceptors (Lipinski definition) is 3. The number of carbonyl (C=O) groups is 1. The molecule has 1 fully saturated rings. The highest BCUT2D eigenvalue weighted by Gasteiger charge is 2.70. The Morgan fingerprint density at radius 3 is 1.71 bits per heavy atom. The summed E-state index contributed by atoms with van der Waals surface area (Å²) in [5.41, 5.74) is -4.80. The van der Waals surface area contributed by atoms with Gasteiger partial charge in [0.05, 0.1) is 12.5 Å². The zero-order valence-corrected chi connectivity index (χ0v) is 19.8. The second-order valence-electron chi connectivity index (χ2n) is 10.7. The number of carbonyl (C=O) groups excluding carboxylic acids is 1. The van der Waals surface area contributed by atoms with E-state index in [1.807, 2.05) is 20.8 Å². The fourth-order valence-corrected chi connectivity index (χ4v) is 4.54. The minimum Gasteiger partial charge on any atom is -0.469 e. The van der Waals surface area contributed by atoms with E-state index in [2.05, 4.69) is 20.8 Å².